The SMILES string of the molecule is COC(=O)c1c(NC(=O)c2cccc(C)c2)sc2c1CCN(C)C2. The van der Waals surface area contributed by atoms with Gasteiger partial charge in [0.2, 0.25) is 0 Å². The van der Waals surface area contributed by atoms with Crippen molar-refractivity contribution in [2.75, 3.05) is 26.0 Å². The number of anilines is 1. The molecule has 1 aliphatic heterocycles. The van der Waals surface area contributed by atoms with Crippen LogP contribution in [0.3, 0.4) is 0 Å². The van der Waals surface area contributed by atoms with Crippen LogP contribution in [0.4, 0.5) is 5.00 Å². The molecule has 3 rings (SSSR count). The lowest BCUT2D eigenvalue weighted by Crippen LogP contribution is -2.26. The predicted molar refractivity (Wildman–Crippen MR) is 94.8 cm³/mol. The fourth-order valence-corrected chi connectivity index (χ4v) is 4.21. The van der Waals surface area contributed by atoms with E-state index in [1.54, 1.807) is 6.07 Å². The van der Waals surface area contributed by atoms with E-state index in [0.29, 0.717) is 16.1 Å². The number of likely N-dealkylation sites (N-methyl/N-ethyl adjacent to an activating group) is 1. The predicted octanol–water partition coefficient (Wildman–Crippen LogP) is 3.08. The Labute approximate surface area is 145 Å². The number of aryl methyl sites for hydroxylation is 1. The van der Waals surface area contributed by atoms with Crippen LogP contribution in [-0.4, -0.2) is 37.5 Å². The van der Waals surface area contributed by atoms with Crippen molar-refractivity contribution in [1.82, 2.24) is 4.90 Å². The first kappa shape index (κ1) is 16.7. The van der Waals surface area contributed by atoms with Crippen LogP contribution in [0.2, 0.25) is 0 Å². The monoisotopic (exact) mass is 344 g/mol. The third kappa shape index (κ3) is 3.20. The fourth-order valence-electron chi connectivity index (χ4n) is 2.90. The zero-order chi connectivity index (χ0) is 17.3. The van der Waals surface area contributed by atoms with Gasteiger partial charge in [0, 0.05) is 23.5 Å². The van der Waals surface area contributed by atoms with Gasteiger partial charge in [-0.2, -0.15) is 0 Å². The first-order valence-electron chi connectivity index (χ1n) is 7.79. The Hall–Kier alpha value is -2.18. The summed E-state index contributed by atoms with van der Waals surface area (Å²) in [4.78, 5) is 28.1. The number of methoxy groups -OCH3 is 1. The zero-order valence-corrected chi connectivity index (χ0v) is 14.8. The van der Waals surface area contributed by atoms with E-state index in [2.05, 4.69) is 10.2 Å². The van der Waals surface area contributed by atoms with E-state index < -0.39 is 5.97 Å². The number of carbonyl (C=O) groups excluding carboxylic acids is 2. The van der Waals surface area contributed by atoms with Gasteiger partial charge in [-0.05, 0) is 38.1 Å². The van der Waals surface area contributed by atoms with Gasteiger partial charge in [-0.1, -0.05) is 17.7 Å². The Balaban J connectivity index is 1.95. The van der Waals surface area contributed by atoms with Gasteiger partial charge in [-0.25, -0.2) is 4.79 Å². The second kappa shape index (κ2) is 6.75. The minimum atomic E-state index is -0.392. The van der Waals surface area contributed by atoms with Crippen LogP contribution in [0.1, 0.15) is 36.7 Å². The third-order valence-electron chi connectivity index (χ3n) is 4.14. The van der Waals surface area contributed by atoms with E-state index in [1.807, 2.05) is 32.2 Å². The molecule has 0 aliphatic carbocycles. The van der Waals surface area contributed by atoms with Gasteiger partial charge < -0.3 is 15.0 Å². The maximum Gasteiger partial charge on any atom is 0.341 e. The average Bonchev–Trinajstić information content (AvgIpc) is 2.90. The third-order valence-corrected chi connectivity index (χ3v) is 5.28. The van der Waals surface area contributed by atoms with Crippen LogP contribution in [0.5, 0.6) is 0 Å². The summed E-state index contributed by atoms with van der Waals surface area (Å²) in [5.74, 6) is -0.604. The summed E-state index contributed by atoms with van der Waals surface area (Å²) in [6, 6.07) is 7.38. The Morgan fingerprint density at radius 1 is 1.33 bits per heavy atom. The van der Waals surface area contributed by atoms with Crippen molar-refractivity contribution in [2.45, 2.75) is 19.9 Å². The lowest BCUT2D eigenvalue weighted by Gasteiger charge is -2.22. The van der Waals surface area contributed by atoms with Crippen molar-refractivity contribution in [3.63, 3.8) is 0 Å². The number of amides is 1. The standard InChI is InChI=1S/C18H20N2O3S/c1-11-5-4-6-12(9-11)16(21)19-17-15(18(22)23-3)13-7-8-20(2)10-14(13)24-17/h4-6,9H,7-8,10H2,1-3H3,(H,19,21). The minimum absolute atomic E-state index is 0.212. The molecule has 0 saturated carbocycles. The van der Waals surface area contributed by atoms with Crippen molar-refractivity contribution < 1.29 is 14.3 Å². The number of thiophene rings is 1. The molecule has 1 aromatic heterocycles. The number of nitrogens with one attached hydrogen (secondary N) is 1. The Bertz CT molecular complexity index is 798. The molecule has 126 valence electrons. The zero-order valence-electron chi connectivity index (χ0n) is 14.0. The number of benzene rings is 1. The number of ether oxygens (including phenoxy) is 1. The van der Waals surface area contributed by atoms with E-state index in [-0.39, 0.29) is 5.91 Å². The molecular weight excluding hydrogens is 324 g/mol. The molecule has 2 aromatic rings. The maximum absolute atomic E-state index is 12.5. The number of rotatable bonds is 3. The van der Waals surface area contributed by atoms with Crippen molar-refractivity contribution in [3.8, 4) is 0 Å². The van der Waals surface area contributed by atoms with Crippen LogP contribution in [0.15, 0.2) is 24.3 Å². The van der Waals surface area contributed by atoms with E-state index in [4.69, 9.17) is 4.74 Å². The lowest BCUT2D eigenvalue weighted by atomic mass is 10.0. The molecule has 2 heterocycles. The van der Waals surface area contributed by atoms with Crippen LogP contribution in [-0.2, 0) is 17.7 Å². The molecule has 1 N–H and O–H groups in total. The Kier molecular flexibility index (Phi) is 4.69. The molecular formula is C18H20N2O3S. The summed E-state index contributed by atoms with van der Waals surface area (Å²) < 4.78 is 4.94. The molecule has 6 heteroatoms. The fraction of sp³-hybridized carbons (Fsp3) is 0.333. The Morgan fingerprint density at radius 3 is 2.83 bits per heavy atom. The highest BCUT2D eigenvalue weighted by atomic mass is 32.1. The number of hydrogen-bond acceptors (Lipinski definition) is 5. The van der Waals surface area contributed by atoms with Gasteiger partial charge in [0.05, 0.1) is 12.7 Å². The summed E-state index contributed by atoms with van der Waals surface area (Å²) in [6.45, 7) is 3.61. The summed E-state index contributed by atoms with van der Waals surface area (Å²) >= 11 is 1.46. The number of nitrogens with zero attached hydrogens (tertiary/aromatic N) is 1. The molecule has 1 amide bonds. The highest BCUT2D eigenvalue weighted by molar-refractivity contribution is 7.17. The smallest absolute Gasteiger partial charge is 0.341 e. The van der Waals surface area contributed by atoms with Gasteiger partial charge in [0.15, 0.2) is 0 Å². The van der Waals surface area contributed by atoms with Crippen LogP contribution in [0, 0.1) is 6.92 Å². The molecule has 5 nitrogen and oxygen atoms in total. The summed E-state index contributed by atoms with van der Waals surface area (Å²) in [5, 5.41) is 3.48. The topological polar surface area (TPSA) is 58.6 Å². The van der Waals surface area contributed by atoms with E-state index in [0.717, 1.165) is 35.5 Å². The number of hydrogen-bond donors (Lipinski definition) is 1. The van der Waals surface area contributed by atoms with E-state index in [1.165, 1.54) is 18.4 Å². The summed E-state index contributed by atoms with van der Waals surface area (Å²) in [7, 11) is 3.42. The van der Waals surface area contributed by atoms with Gasteiger partial charge in [0.25, 0.3) is 5.91 Å². The Morgan fingerprint density at radius 2 is 2.12 bits per heavy atom. The molecule has 0 spiro atoms. The second-order valence-electron chi connectivity index (χ2n) is 6.01. The largest absolute Gasteiger partial charge is 0.465 e. The number of fused-ring (bicyclic) bond motifs is 1. The number of esters is 1. The molecule has 0 fully saturated rings. The molecule has 0 atom stereocenters. The van der Waals surface area contributed by atoms with Crippen LogP contribution < -0.4 is 5.32 Å². The lowest BCUT2D eigenvalue weighted by molar-refractivity contribution is 0.0600. The first-order chi connectivity index (χ1) is 11.5. The molecule has 24 heavy (non-hydrogen) atoms. The molecule has 1 aliphatic rings. The van der Waals surface area contributed by atoms with Crippen molar-refractivity contribution in [1.29, 1.82) is 0 Å². The highest BCUT2D eigenvalue weighted by Gasteiger charge is 2.28. The summed E-state index contributed by atoms with van der Waals surface area (Å²) in [5.41, 5.74) is 3.10. The van der Waals surface area contributed by atoms with Crippen molar-refractivity contribution >= 4 is 28.2 Å². The highest BCUT2D eigenvalue weighted by Crippen LogP contribution is 2.37. The summed E-state index contributed by atoms with van der Waals surface area (Å²) in [6.07, 6.45) is 0.785. The quantitative estimate of drug-likeness (QED) is 0.870. The van der Waals surface area contributed by atoms with E-state index in [9.17, 15) is 9.59 Å². The van der Waals surface area contributed by atoms with Gasteiger partial charge >= 0.3 is 5.97 Å². The van der Waals surface area contributed by atoms with Gasteiger partial charge in [-0.3, -0.25) is 4.79 Å². The minimum Gasteiger partial charge on any atom is -0.465 e. The van der Waals surface area contributed by atoms with E-state index >= 15 is 0 Å². The van der Waals surface area contributed by atoms with Crippen molar-refractivity contribution in [2.24, 2.45) is 0 Å². The van der Waals surface area contributed by atoms with Crippen LogP contribution in [0.25, 0.3) is 0 Å². The first-order valence-corrected chi connectivity index (χ1v) is 8.60. The molecule has 0 unspecified atom stereocenters. The molecule has 0 bridgehead atoms. The number of carbonyl (C=O) groups is 2. The normalized spacial score (nSPS) is 14.1. The van der Waals surface area contributed by atoms with Gasteiger partial charge in [0.1, 0.15) is 5.00 Å². The van der Waals surface area contributed by atoms with Gasteiger partial charge in [-0.15, -0.1) is 11.3 Å². The maximum atomic E-state index is 12.5. The van der Waals surface area contributed by atoms with Crippen LogP contribution >= 0.6 is 11.3 Å². The average molecular weight is 344 g/mol. The molecule has 1 aromatic carbocycles. The molecule has 0 radical (unpaired) electrons. The molecule has 0 saturated heterocycles. The van der Waals surface area contributed by atoms with Crippen molar-refractivity contribution in [3.05, 3.63) is 51.4 Å². The second-order valence-corrected chi connectivity index (χ2v) is 7.12.